The minimum atomic E-state index is -0.0139. The van der Waals surface area contributed by atoms with Gasteiger partial charge in [-0.15, -0.1) is 0 Å². The zero-order valence-corrected chi connectivity index (χ0v) is 4.14. The van der Waals surface area contributed by atoms with Gasteiger partial charge in [0.25, 0.3) is 0 Å². The Bertz CT molecular complexity index is 69.9. The third-order valence-electron chi connectivity index (χ3n) is 1.43. The molecule has 2 atom stereocenters. The molecule has 0 aromatic heterocycles. The highest BCUT2D eigenvalue weighted by atomic mass is 16.6. The molecule has 0 aromatic carbocycles. The first-order chi connectivity index (χ1) is 2.63. The Morgan fingerprint density at radius 1 is 1.83 bits per heavy atom. The van der Waals surface area contributed by atoms with Gasteiger partial charge in [0, 0.05) is 0 Å². The summed E-state index contributed by atoms with van der Waals surface area (Å²) < 4.78 is -0.0139. The van der Waals surface area contributed by atoms with Gasteiger partial charge in [0.15, 0.2) is 0 Å². The molecule has 0 saturated carbocycles. The fraction of sp³-hybridized carbons (Fsp3) is 1.00. The predicted molar refractivity (Wildman–Crippen MR) is 23.9 cm³/mol. The van der Waals surface area contributed by atoms with Crippen LogP contribution in [-0.2, 0) is 0 Å². The van der Waals surface area contributed by atoms with Crippen molar-refractivity contribution < 1.29 is 4.65 Å². The molecule has 36 valence electrons. The maximum atomic E-state index is 10.5. The standard InChI is InChI=1S/C4H9NO/c1-4-3-5(4,2)6/h4H,3H2,1-2H3/t4-,5?/m1/s1. The number of nitrogens with zero attached hydrogens (tertiary/aromatic N) is 1. The first-order valence-electron chi connectivity index (χ1n) is 2.19. The van der Waals surface area contributed by atoms with Crippen molar-refractivity contribution >= 4 is 0 Å². The Balaban J connectivity index is 2.41. The van der Waals surface area contributed by atoms with E-state index in [0.29, 0.717) is 6.04 Å². The molecule has 0 N–H and O–H groups in total. The van der Waals surface area contributed by atoms with E-state index in [0.717, 1.165) is 6.54 Å². The van der Waals surface area contributed by atoms with E-state index in [1.807, 2.05) is 6.92 Å². The summed E-state index contributed by atoms with van der Waals surface area (Å²) in [6.45, 7) is 2.78. The van der Waals surface area contributed by atoms with Crippen molar-refractivity contribution in [2.45, 2.75) is 13.0 Å². The van der Waals surface area contributed by atoms with Gasteiger partial charge in [-0.3, -0.25) is 0 Å². The molecule has 2 nitrogen and oxygen atoms in total. The molecule has 1 rings (SSSR count). The molecule has 1 aliphatic rings. The van der Waals surface area contributed by atoms with Crippen molar-refractivity contribution in [2.75, 3.05) is 13.6 Å². The van der Waals surface area contributed by atoms with Crippen molar-refractivity contribution in [1.29, 1.82) is 0 Å². The maximum absolute atomic E-state index is 10.5. The molecular formula is C4H9NO. The Morgan fingerprint density at radius 2 is 2.00 bits per heavy atom. The van der Waals surface area contributed by atoms with Crippen LogP contribution in [0.2, 0.25) is 0 Å². The van der Waals surface area contributed by atoms with Gasteiger partial charge in [-0.1, -0.05) is 0 Å². The van der Waals surface area contributed by atoms with Crippen LogP contribution >= 0.6 is 0 Å². The monoisotopic (exact) mass is 87.1 g/mol. The van der Waals surface area contributed by atoms with Crippen LogP contribution in [0.5, 0.6) is 0 Å². The lowest BCUT2D eigenvalue weighted by Crippen LogP contribution is -2.10. The molecule has 0 bridgehead atoms. The average Bonchev–Trinajstić information content (AvgIpc) is 1.73. The van der Waals surface area contributed by atoms with E-state index in [1.165, 1.54) is 0 Å². The van der Waals surface area contributed by atoms with Gasteiger partial charge < -0.3 is 9.85 Å². The molecule has 1 fully saturated rings. The summed E-state index contributed by atoms with van der Waals surface area (Å²) in [7, 11) is 1.70. The number of likely N-dealkylation sites (N-methyl/N-ethyl adjacent to an activating group) is 1. The van der Waals surface area contributed by atoms with Crippen LogP contribution in [0.15, 0.2) is 0 Å². The van der Waals surface area contributed by atoms with Gasteiger partial charge in [-0.05, 0) is 6.92 Å². The van der Waals surface area contributed by atoms with Crippen molar-refractivity contribution in [3.8, 4) is 0 Å². The number of hydrogen-bond donors (Lipinski definition) is 0. The zero-order valence-electron chi connectivity index (χ0n) is 4.14. The highest BCUT2D eigenvalue weighted by Crippen LogP contribution is 2.23. The van der Waals surface area contributed by atoms with Crippen LogP contribution in [0.4, 0.5) is 0 Å². The molecule has 0 aromatic rings. The molecule has 1 saturated heterocycles. The Hall–Kier alpha value is -0.0800. The highest BCUT2D eigenvalue weighted by Gasteiger charge is 2.38. The molecule has 0 amide bonds. The summed E-state index contributed by atoms with van der Waals surface area (Å²) in [5.74, 6) is 0. The number of hydrogen-bond acceptors (Lipinski definition) is 1. The van der Waals surface area contributed by atoms with Gasteiger partial charge in [0.2, 0.25) is 0 Å². The van der Waals surface area contributed by atoms with Gasteiger partial charge in [0.1, 0.15) is 12.6 Å². The van der Waals surface area contributed by atoms with Gasteiger partial charge in [-0.2, -0.15) is 0 Å². The van der Waals surface area contributed by atoms with Crippen molar-refractivity contribution in [2.24, 2.45) is 0 Å². The summed E-state index contributed by atoms with van der Waals surface area (Å²) in [5, 5.41) is 10.5. The highest BCUT2D eigenvalue weighted by molar-refractivity contribution is 4.65. The Labute approximate surface area is 37.5 Å². The number of quaternary nitrogens is 1. The van der Waals surface area contributed by atoms with Gasteiger partial charge >= 0.3 is 0 Å². The second kappa shape index (κ2) is 0.768. The summed E-state index contributed by atoms with van der Waals surface area (Å²) in [6, 6.07) is 0.380. The lowest BCUT2D eigenvalue weighted by molar-refractivity contribution is -0.734. The second-order valence-electron chi connectivity index (χ2n) is 2.21. The normalized spacial score (nSPS) is 55.5. The van der Waals surface area contributed by atoms with Crippen LogP contribution in [0.3, 0.4) is 0 Å². The summed E-state index contributed by atoms with van der Waals surface area (Å²) in [6.07, 6.45) is 0. The van der Waals surface area contributed by atoms with Crippen LogP contribution in [0.1, 0.15) is 6.92 Å². The van der Waals surface area contributed by atoms with Crippen LogP contribution in [0, 0.1) is 5.21 Å². The van der Waals surface area contributed by atoms with Crippen LogP contribution in [-0.4, -0.2) is 24.3 Å². The Kier molecular flexibility index (Phi) is 0.524. The largest absolute Gasteiger partial charge is 0.632 e. The van der Waals surface area contributed by atoms with E-state index >= 15 is 0 Å². The van der Waals surface area contributed by atoms with E-state index in [9.17, 15) is 5.21 Å². The molecule has 1 unspecified atom stereocenters. The molecule has 0 spiro atoms. The van der Waals surface area contributed by atoms with Gasteiger partial charge in [0.05, 0.1) is 7.05 Å². The third kappa shape index (κ3) is 0.420. The minimum absolute atomic E-state index is 0.0139. The van der Waals surface area contributed by atoms with E-state index < -0.39 is 0 Å². The SMILES string of the molecule is C[C@@H]1C[N+]1(C)[O-]. The first kappa shape index (κ1) is 4.09. The Morgan fingerprint density at radius 3 is 2.00 bits per heavy atom. The fourth-order valence-electron chi connectivity index (χ4n) is 0.478. The summed E-state index contributed by atoms with van der Waals surface area (Å²) >= 11 is 0. The zero-order chi connectivity index (χ0) is 4.78. The predicted octanol–water partition coefficient (Wildman–Crippen LogP) is 0.333. The molecule has 6 heavy (non-hydrogen) atoms. The molecular weight excluding hydrogens is 78.0 g/mol. The van der Waals surface area contributed by atoms with Gasteiger partial charge in [-0.25, -0.2) is 0 Å². The van der Waals surface area contributed by atoms with Crippen LogP contribution in [0.25, 0.3) is 0 Å². The number of hydroxylamine groups is 3. The first-order valence-corrected chi connectivity index (χ1v) is 2.19. The lowest BCUT2D eigenvalue weighted by atomic mass is 10.6. The van der Waals surface area contributed by atoms with Crippen molar-refractivity contribution in [3.63, 3.8) is 0 Å². The topological polar surface area (TPSA) is 23.1 Å². The van der Waals surface area contributed by atoms with E-state index in [2.05, 4.69) is 0 Å². The summed E-state index contributed by atoms with van der Waals surface area (Å²) in [5.41, 5.74) is 0. The average molecular weight is 87.1 g/mol. The third-order valence-corrected chi connectivity index (χ3v) is 1.43. The molecule has 1 aliphatic heterocycles. The molecule has 1 heterocycles. The maximum Gasteiger partial charge on any atom is 0.136 e. The minimum Gasteiger partial charge on any atom is -0.632 e. The van der Waals surface area contributed by atoms with Crippen LogP contribution < -0.4 is 0 Å². The van der Waals surface area contributed by atoms with Crippen molar-refractivity contribution in [3.05, 3.63) is 5.21 Å². The molecule has 2 heteroatoms. The van der Waals surface area contributed by atoms with E-state index in [-0.39, 0.29) is 4.65 Å². The summed E-state index contributed by atoms with van der Waals surface area (Å²) in [4.78, 5) is 0. The molecule has 0 aliphatic carbocycles. The quantitative estimate of drug-likeness (QED) is 0.237. The number of rotatable bonds is 0. The van der Waals surface area contributed by atoms with Crippen molar-refractivity contribution in [1.82, 2.24) is 0 Å². The lowest BCUT2D eigenvalue weighted by Gasteiger charge is -2.14. The van der Waals surface area contributed by atoms with E-state index in [4.69, 9.17) is 0 Å². The molecule has 0 radical (unpaired) electrons. The smallest absolute Gasteiger partial charge is 0.136 e. The second-order valence-corrected chi connectivity index (χ2v) is 2.21. The van der Waals surface area contributed by atoms with E-state index in [1.54, 1.807) is 7.05 Å². The fourth-order valence-corrected chi connectivity index (χ4v) is 0.478.